The van der Waals surface area contributed by atoms with E-state index in [0.717, 1.165) is 38.8 Å². The summed E-state index contributed by atoms with van der Waals surface area (Å²) >= 11 is 0. The zero-order chi connectivity index (χ0) is 16.0. The summed E-state index contributed by atoms with van der Waals surface area (Å²) < 4.78 is 5.64. The van der Waals surface area contributed by atoms with Crippen molar-refractivity contribution in [1.29, 1.82) is 0 Å². The highest BCUT2D eigenvalue weighted by molar-refractivity contribution is 5.84. The number of unbranched alkanes of at least 4 members (excludes halogenated alkanes) is 5. The number of nitrogens with one attached hydrogen (secondary N) is 1. The van der Waals surface area contributed by atoms with Crippen LogP contribution in [0.3, 0.4) is 0 Å². The van der Waals surface area contributed by atoms with Gasteiger partial charge in [-0.05, 0) is 39.2 Å². The molecule has 0 bridgehead atoms. The molecule has 0 aliphatic carbocycles. The predicted molar refractivity (Wildman–Crippen MR) is 89.3 cm³/mol. The quantitative estimate of drug-likeness (QED) is 0.456. The maximum absolute atomic E-state index is 11.5. The lowest BCUT2D eigenvalue weighted by atomic mass is 9.95. The maximum atomic E-state index is 11.5. The van der Waals surface area contributed by atoms with Crippen molar-refractivity contribution in [3.05, 3.63) is 0 Å². The number of primary amides is 1. The molecular weight excluding hydrogens is 264 g/mol. The normalized spacial score (nSPS) is 14.0. The Balaban J connectivity index is 3.56. The second-order valence-corrected chi connectivity index (χ2v) is 6.11. The van der Waals surface area contributed by atoms with Crippen LogP contribution in [0.25, 0.3) is 0 Å². The number of ether oxygens (including phenoxy) is 1. The molecule has 4 heteroatoms. The van der Waals surface area contributed by atoms with Gasteiger partial charge in [-0.2, -0.15) is 0 Å². The fraction of sp³-hybridized carbons (Fsp3) is 0.941. The summed E-state index contributed by atoms with van der Waals surface area (Å²) in [6, 6.07) is 0. The van der Waals surface area contributed by atoms with Gasteiger partial charge in [-0.15, -0.1) is 0 Å². The molecule has 0 spiro atoms. The molecule has 1 atom stereocenters. The Bertz CT molecular complexity index is 259. The molecule has 0 rings (SSSR count). The monoisotopic (exact) mass is 300 g/mol. The molecule has 0 aliphatic heterocycles. The lowest BCUT2D eigenvalue weighted by molar-refractivity contribution is -0.124. The van der Waals surface area contributed by atoms with Gasteiger partial charge in [0.05, 0.1) is 5.54 Å². The van der Waals surface area contributed by atoms with Gasteiger partial charge >= 0.3 is 0 Å². The van der Waals surface area contributed by atoms with Crippen molar-refractivity contribution in [3.63, 3.8) is 0 Å². The van der Waals surface area contributed by atoms with Crippen LogP contribution in [0.2, 0.25) is 0 Å². The van der Waals surface area contributed by atoms with Crippen molar-refractivity contribution in [2.45, 2.75) is 84.1 Å². The Morgan fingerprint density at radius 1 is 1.00 bits per heavy atom. The molecule has 3 N–H and O–H groups in total. The van der Waals surface area contributed by atoms with Crippen LogP contribution in [0, 0.1) is 0 Å². The summed E-state index contributed by atoms with van der Waals surface area (Å²) in [6.07, 6.45) is 10.3. The maximum Gasteiger partial charge on any atom is 0.237 e. The van der Waals surface area contributed by atoms with Crippen LogP contribution in [0.4, 0.5) is 0 Å². The van der Waals surface area contributed by atoms with Gasteiger partial charge in [-0.3, -0.25) is 4.79 Å². The lowest BCUT2D eigenvalue weighted by Crippen LogP contribution is -2.53. The minimum absolute atomic E-state index is 0.271. The topological polar surface area (TPSA) is 64.3 Å². The summed E-state index contributed by atoms with van der Waals surface area (Å²) in [5.41, 5.74) is 4.89. The number of amides is 1. The Labute approximate surface area is 131 Å². The number of hydrogen-bond donors (Lipinski definition) is 2. The lowest BCUT2D eigenvalue weighted by Gasteiger charge is -2.27. The first-order valence-corrected chi connectivity index (χ1v) is 8.69. The molecule has 4 nitrogen and oxygen atoms in total. The first-order chi connectivity index (χ1) is 10.1. The van der Waals surface area contributed by atoms with Crippen molar-refractivity contribution < 1.29 is 9.53 Å². The van der Waals surface area contributed by atoms with Crippen LogP contribution in [0.1, 0.15) is 78.6 Å². The van der Waals surface area contributed by atoms with Gasteiger partial charge < -0.3 is 15.8 Å². The second kappa shape index (κ2) is 13.1. The van der Waals surface area contributed by atoms with Crippen LogP contribution in [-0.2, 0) is 9.53 Å². The Kier molecular flexibility index (Phi) is 12.7. The highest BCUT2D eigenvalue weighted by Gasteiger charge is 2.29. The third-order valence-electron chi connectivity index (χ3n) is 3.92. The van der Waals surface area contributed by atoms with Gasteiger partial charge in [0.15, 0.2) is 0 Å². The van der Waals surface area contributed by atoms with E-state index in [1.54, 1.807) is 0 Å². The summed E-state index contributed by atoms with van der Waals surface area (Å²) in [6.45, 7) is 8.57. The van der Waals surface area contributed by atoms with E-state index >= 15 is 0 Å². The third-order valence-corrected chi connectivity index (χ3v) is 3.92. The van der Waals surface area contributed by atoms with E-state index in [0.29, 0.717) is 6.61 Å². The SMILES string of the molecule is CCCCCCCCOCCCC(C)(NCCC)C(N)=O. The molecule has 0 aromatic heterocycles. The molecule has 0 heterocycles. The van der Waals surface area contributed by atoms with Gasteiger partial charge in [0, 0.05) is 13.2 Å². The van der Waals surface area contributed by atoms with Gasteiger partial charge in [0.1, 0.15) is 0 Å². The average Bonchev–Trinajstić information content (AvgIpc) is 2.47. The second-order valence-electron chi connectivity index (χ2n) is 6.11. The molecule has 0 fully saturated rings. The van der Waals surface area contributed by atoms with E-state index in [9.17, 15) is 4.79 Å². The molecule has 0 saturated carbocycles. The first kappa shape index (κ1) is 20.4. The zero-order valence-electron chi connectivity index (χ0n) is 14.4. The van der Waals surface area contributed by atoms with Gasteiger partial charge in [-0.25, -0.2) is 0 Å². The van der Waals surface area contributed by atoms with Crippen LogP contribution in [0.5, 0.6) is 0 Å². The number of nitrogens with two attached hydrogens (primary N) is 1. The Hall–Kier alpha value is -0.610. The smallest absolute Gasteiger partial charge is 0.237 e. The summed E-state index contributed by atoms with van der Waals surface area (Å²) in [5.74, 6) is -0.271. The molecule has 126 valence electrons. The van der Waals surface area contributed by atoms with Crippen molar-refractivity contribution in [2.75, 3.05) is 19.8 Å². The number of carbonyl (C=O) groups is 1. The highest BCUT2D eigenvalue weighted by Crippen LogP contribution is 2.12. The first-order valence-electron chi connectivity index (χ1n) is 8.69. The van der Waals surface area contributed by atoms with Gasteiger partial charge in [0.25, 0.3) is 0 Å². The molecule has 0 aliphatic rings. The van der Waals surface area contributed by atoms with E-state index in [2.05, 4.69) is 19.2 Å². The Morgan fingerprint density at radius 2 is 1.62 bits per heavy atom. The van der Waals surface area contributed by atoms with Gasteiger partial charge in [-0.1, -0.05) is 46.0 Å². The average molecular weight is 300 g/mol. The van der Waals surface area contributed by atoms with Crippen LogP contribution in [0.15, 0.2) is 0 Å². The van der Waals surface area contributed by atoms with E-state index in [4.69, 9.17) is 10.5 Å². The van der Waals surface area contributed by atoms with Crippen molar-refractivity contribution in [3.8, 4) is 0 Å². The molecule has 21 heavy (non-hydrogen) atoms. The molecule has 0 radical (unpaired) electrons. The molecule has 1 amide bonds. The van der Waals surface area contributed by atoms with Crippen LogP contribution < -0.4 is 11.1 Å². The third kappa shape index (κ3) is 10.7. The molecule has 0 aromatic carbocycles. The van der Waals surface area contributed by atoms with E-state index in [1.807, 2.05) is 6.92 Å². The predicted octanol–water partition coefficient (Wildman–Crippen LogP) is 3.39. The Morgan fingerprint density at radius 3 is 2.24 bits per heavy atom. The largest absolute Gasteiger partial charge is 0.381 e. The van der Waals surface area contributed by atoms with Crippen molar-refractivity contribution in [2.24, 2.45) is 5.73 Å². The number of carbonyl (C=O) groups excluding carboxylic acids is 1. The molecule has 0 saturated heterocycles. The summed E-state index contributed by atoms with van der Waals surface area (Å²) in [4.78, 5) is 11.5. The number of hydrogen-bond acceptors (Lipinski definition) is 3. The molecular formula is C17H36N2O2. The fourth-order valence-electron chi connectivity index (χ4n) is 2.31. The summed E-state index contributed by atoms with van der Waals surface area (Å²) in [5, 5.41) is 3.25. The van der Waals surface area contributed by atoms with Gasteiger partial charge in [0.2, 0.25) is 5.91 Å². The van der Waals surface area contributed by atoms with E-state index < -0.39 is 5.54 Å². The summed E-state index contributed by atoms with van der Waals surface area (Å²) in [7, 11) is 0. The van der Waals surface area contributed by atoms with Crippen molar-refractivity contribution in [1.82, 2.24) is 5.32 Å². The van der Waals surface area contributed by atoms with E-state index in [-0.39, 0.29) is 5.91 Å². The molecule has 1 unspecified atom stereocenters. The van der Waals surface area contributed by atoms with Crippen LogP contribution in [-0.4, -0.2) is 31.2 Å². The van der Waals surface area contributed by atoms with Crippen LogP contribution >= 0.6 is 0 Å². The fourth-order valence-corrected chi connectivity index (χ4v) is 2.31. The number of rotatable bonds is 15. The van der Waals surface area contributed by atoms with E-state index in [1.165, 1.54) is 32.1 Å². The zero-order valence-corrected chi connectivity index (χ0v) is 14.4. The highest BCUT2D eigenvalue weighted by atomic mass is 16.5. The standard InChI is InChI=1S/C17H36N2O2/c1-4-6-7-8-9-10-14-21-15-11-12-17(3,16(18)20)19-13-5-2/h19H,4-15H2,1-3H3,(H2,18,20). The minimum atomic E-state index is -0.598. The molecule has 0 aromatic rings. The minimum Gasteiger partial charge on any atom is -0.381 e. The van der Waals surface area contributed by atoms with Crippen molar-refractivity contribution >= 4 is 5.91 Å².